The Hall–Kier alpha value is -9.18. The molecular formula is C66H44N2O. The zero-order valence-electron chi connectivity index (χ0n) is 37.7. The summed E-state index contributed by atoms with van der Waals surface area (Å²) >= 11 is 0. The second-order valence-corrected chi connectivity index (χ2v) is 17.6. The molecule has 0 aliphatic heterocycles. The molecule has 0 amide bonds. The molecule has 0 aliphatic rings. The molecule has 69 heavy (non-hydrogen) atoms. The zero-order valence-corrected chi connectivity index (χ0v) is 37.7. The maximum Gasteiger partial charge on any atom is 0.143 e. The SMILES string of the molecule is c1ccc(-c2ccccc2-c2cccc(N(c3ccc(-c4cccc5c4oc4ccccc45)cc3)c3ccccc3-c3ccccc3-c3ccccc3-n3c4ccccc4c4ccccc43)c2)cc1. The Morgan fingerprint density at radius 3 is 1.52 bits per heavy atom. The average Bonchev–Trinajstić information content (AvgIpc) is 3.98. The smallest absolute Gasteiger partial charge is 0.143 e. The van der Waals surface area contributed by atoms with Gasteiger partial charge in [-0.1, -0.05) is 212 Å². The van der Waals surface area contributed by atoms with Gasteiger partial charge in [0, 0.05) is 49.6 Å². The number of hydrogen-bond acceptors (Lipinski definition) is 2. The number of benzene rings is 11. The van der Waals surface area contributed by atoms with Crippen LogP contribution in [-0.2, 0) is 0 Å². The highest BCUT2D eigenvalue weighted by Crippen LogP contribution is 2.47. The standard InChI is InChI=1S/C66H44N2O/c1-2-20-45(21-3-1)50-24-4-5-25-51(50)47-22-18-23-49(44-47)67(48-42-40-46(41-43-48)52-33-19-34-60-59-32-12-17-39-65(59)69-66(52)60)61-35-13-8-28-55(61)53-26-6-7-27-54(53)56-29-9-14-36-62(56)68-63-37-15-10-30-57(63)58-31-11-16-38-64(58)68/h1-44H. The molecule has 0 saturated heterocycles. The molecule has 0 fully saturated rings. The summed E-state index contributed by atoms with van der Waals surface area (Å²) in [6, 6.07) is 96.2. The van der Waals surface area contributed by atoms with Crippen LogP contribution in [0.3, 0.4) is 0 Å². The van der Waals surface area contributed by atoms with Crippen molar-refractivity contribution < 1.29 is 4.42 Å². The highest BCUT2D eigenvalue weighted by atomic mass is 16.3. The van der Waals surface area contributed by atoms with E-state index in [0.29, 0.717) is 0 Å². The lowest BCUT2D eigenvalue weighted by Gasteiger charge is -2.29. The molecule has 0 N–H and O–H groups in total. The molecule has 0 saturated carbocycles. The Bertz CT molecular complexity index is 3970. The molecule has 324 valence electrons. The Morgan fingerprint density at radius 1 is 0.290 bits per heavy atom. The molecule has 3 nitrogen and oxygen atoms in total. The van der Waals surface area contributed by atoms with E-state index in [1.807, 2.05) is 12.1 Å². The number of para-hydroxylation sites is 6. The van der Waals surface area contributed by atoms with E-state index in [9.17, 15) is 0 Å². The van der Waals surface area contributed by atoms with E-state index in [1.54, 1.807) is 0 Å². The van der Waals surface area contributed by atoms with Gasteiger partial charge in [-0.15, -0.1) is 0 Å². The predicted octanol–water partition coefficient (Wildman–Crippen LogP) is 18.5. The summed E-state index contributed by atoms with van der Waals surface area (Å²) in [4.78, 5) is 2.42. The molecule has 2 aromatic heterocycles. The Kier molecular flexibility index (Phi) is 9.84. The number of furan rings is 1. The van der Waals surface area contributed by atoms with Crippen LogP contribution < -0.4 is 4.90 Å². The summed E-state index contributed by atoms with van der Waals surface area (Å²) < 4.78 is 8.96. The predicted molar refractivity (Wildman–Crippen MR) is 290 cm³/mol. The van der Waals surface area contributed by atoms with Crippen LogP contribution in [0.2, 0.25) is 0 Å². The third kappa shape index (κ3) is 6.91. The van der Waals surface area contributed by atoms with Gasteiger partial charge in [-0.25, -0.2) is 0 Å². The monoisotopic (exact) mass is 880 g/mol. The van der Waals surface area contributed by atoms with Gasteiger partial charge in [-0.05, 0) is 93.5 Å². The minimum atomic E-state index is 0.894. The van der Waals surface area contributed by atoms with Crippen molar-refractivity contribution in [3.05, 3.63) is 267 Å². The maximum atomic E-state index is 6.53. The summed E-state index contributed by atoms with van der Waals surface area (Å²) in [6.45, 7) is 0. The summed E-state index contributed by atoms with van der Waals surface area (Å²) in [6.07, 6.45) is 0. The van der Waals surface area contributed by atoms with Gasteiger partial charge in [-0.3, -0.25) is 0 Å². The topological polar surface area (TPSA) is 21.3 Å². The highest BCUT2D eigenvalue weighted by Gasteiger charge is 2.23. The molecule has 2 heterocycles. The van der Waals surface area contributed by atoms with Gasteiger partial charge in [-0.2, -0.15) is 0 Å². The van der Waals surface area contributed by atoms with Crippen LogP contribution in [0, 0.1) is 0 Å². The molecule has 3 heteroatoms. The van der Waals surface area contributed by atoms with Crippen molar-refractivity contribution in [1.82, 2.24) is 4.57 Å². The van der Waals surface area contributed by atoms with Gasteiger partial charge >= 0.3 is 0 Å². The first-order chi connectivity index (χ1) is 34.3. The van der Waals surface area contributed by atoms with Crippen LogP contribution in [0.5, 0.6) is 0 Å². The maximum absolute atomic E-state index is 6.53. The molecule has 13 aromatic rings. The van der Waals surface area contributed by atoms with Crippen LogP contribution in [0.15, 0.2) is 271 Å². The van der Waals surface area contributed by atoms with Crippen LogP contribution in [0.1, 0.15) is 0 Å². The van der Waals surface area contributed by atoms with Gasteiger partial charge in [0.15, 0.2) is 0 Å². The zero-order chi connectivity index (χ0) is 45.7. The lowest BCUT2D eigenvalue weighted by atomic mass is 9.91. The first-order valence-corrected chi connectivity index (χ1v) is 23.6. The van der Waals surface area contributed by atoms with Gasteiger partial charge in [0.25, 0.3) is 0 Å². The number of anilines is 3. The molecule has 0 unspecified atom stereocenters. The van der Waals surface area contributed by atoms with Crippen LogP contribution >= 0.6 is 0 Å². The van der Waals surface area contributed by atoms with E-state index in [-0.39, 0.29) is 0 Å². The van der Waals surface area contributed by atoms with E-state index >= 15 is 0 Å². The van der Waals surface area contributed by atoms with Crippen LogP contribution in [0.25, 0.3) is 105 Å². The fourth-order valence-electron chi connectivity index (χ4n) is 10.5. The van der Waals surface area contributed by atoms with Crippen molar-refractivity contribution in [2.75, 3.05) is 4.90 Å². The highest BCUT2D eigenvalue weighted by molar-refractivity contribution is 6.11. The minimum Gasteiger partial charge on any atom is -0.455 e. The first-order valence-electron chi connectivity index (χ1n) is 23.6. The quantitative estimate of drug-likeness (QED) is 0.144. The summed E-state index contributed by atoms with van der Waals surface area (Å²) in [7, 11) is 0. The molecule has 0 bridgehead atoms. The molecule has 0 aliphatic carbocycles. The lowest BCUT2D eigenvalue weighted by molar-refractivity contribution is 0.670. The fraction of sp³-hybridized carbons (Fsp3) is 0. The second kappa shape index (κ2) is 16.9. The van der Waals surface area contributed by atoms with Crippen molar-refractivity contribution in [2.45, 2.75) is 0 Å². The van der Waals surface area contributed by atoms with Crippen molar-refractivity contribution >= 4 is 60.8 Å². The van der Waals surface area contributed by atoms with Gasteiger partial charge in [0.1, 0.15) is 11.2 Å². The minimum absolute atomic E-state index is 0.894. The summed E-state index contributed by atoms with van der Waals surface area (Å²) in [5, 5.41) is 4.73. The Morgan fingerprint density at radius 2 is 0.783 bits per heavy atom. The summed E-state index contributed by atoms with van der Waals surface area (Å²) in [5.41, 5.74) is 19.9. The van der Waals surface area contributed by atoms with Gasteiger partial charge in [0.05, 0.1) is 22.4 Å². The van der Waals surface area contributed by atoms with E-state index in [0.717, 1.165) is 83.6 Å². The molecule has 13 rings (SSSR count). The Balaban J connectivity index is 0.995. The van der Waals surface area contributed by atoms with Crippen molar-refractivity contribution in [3.8, 4) is 61.3 Å². The summed E-state index contributed by atoms with van der Waals surface area (Å²) in [5.74, 6) is 0. The molecule has 0 spiro atoms. The van der Waals surface area contributed by atoms with Gasteiger partial charge in [0.2, 0.25) is 0 Å². The van der Waals surface area contributed by atoms with Crippen LogP contribution in [-0.4, -0.2) is 4.57 Å². The first kappa shape index (κ1) is 40.1. The lowest BCUT2D eigenvalue weighted by Crippen LogP contribution is -2.11. The van der Waals surface area contributed by atoms with E-state index in [4.69, 9.17) is 4.42 Å². The number of hydrogen-bond donors (Lipinski definition) is 0. The average molecular weight is 881 g/mol. The number of fused-ring (bicyclic) bond motifs is 6. The second-order valence-electron chi connectivity index (χ2n) is 17.6. The van der Waals surface area contributed by atoms with Crippen LogP contribution in [0.4, 0.5) is 17.1 Å². The molecule has 11 aromatic carbocycles. The fourth-order valence-corrected chi connectivity index (χ4v) is 10.5. The third-order valence-corrected chi connectivity index (χ3v) is 13.6. The number of aromatic nitrogens is 1. The number of nitrogens with zero attached hydrogens (tertiary/aromatic N) is 2. The van der Waals surface area contributed by atoms with E-state index < -0.39 is 0 Å². The normalized spacial score (nSPS) is 11.5. The van der Waals surface area contributed by atoms with E-state index in [1.165, 1.54) is 38.5 Å². The Labute approximate surface area is 401 Å². The molecular weight excluding hydrogens is 837 g/mol. The van der Waals surface area contributed by atoms with E-state index in [2.05, 4.69) is 264 Å². The van der Waals surface area contributed by atoms with Gasteiger partial charge < -0.3 is 13.9 Å². The van der Waals surface area contributed by atoms with Crippen molar-refractivity contribution in [2.24, 2.45) is 0 Å². The third-order valence-electron chi connectivity index (χ3n) is 13.6. The molecule has 0 radical (unpaired) electrons. The molecule has 0 atom stereocenters. The number of rotatable bonds is 9. The largest absolute Gasteiger partial charge is 0.455 e. The van der Waals surface area contributed by atoms with Crippen molar-refractivity contribution in [3.63, 3.8) is 0 Å². The van der Waals surface area contributed by atoms with Crippen molar-refractivity contribution in [1.29, 1.82) is 0 Å².